The Bertz CT molecular complexity index is 402. The zero-order valence-electron chi connectivity index (χ0n) is 11.6. The molecule has 0 aliphatic carbocycles. The van der Waals surface area contributed by atoms with E-state index >= 15 is 0 Å². The molecule has 0 radical (unpaired) electrons. The number of ether oxygens (including phenoxy) is 1. The second-order valence-electron chi connectivity index (χ2n) is 5.17. The summed E-state index contributed by atoms with van der Waals surface area (Å²) in [5, 5.41) is 0.0870. The van der Waals surface area contributed by atoms with Crippen molar-refractivity contribution in [1.82, 2.24) is 0 Å². The summed E-state index contributed by atoms with van der Waals surface area (Å²) in [5.74, 6) is 0.448. The smallest absolute Gasteiger partial charge is 0.0641 e. The Kier molecular flexibility index (Phi) is 4.69. The number of hydrogen-bond donors (Lipinski definition) is 0. The molecule has 1 aromatic carbocycles. The lowest BCUT2D eigenvalue weighted by Gasteiger charge is -2.23. The van der Waals surface area contributed by atoms with Gasteiger partial charge in [0.25, 0.3) is 0 Å². The first kappa shape index (κ1) is 13.9. The minimum Gasteiger partial charge on any atom is -0.378 e. The molecule has 3 unspecified atom stereocenters. The zero-order valence-corrected chi connectivity index (χ0v) is 12.3. The fraction of sp³-hybridized carbons (Fsp3) is 0.625. The van der Waals surface area contributed by atoms with Crippen LogP contribution in [0.2, 0.25) is 0 Å². The third-order valence-corrected chi connectivity index (χ3v) is 4.67. The van der Waals surface area contributed by atoms with Crippen LogP contribution in [-0.2, 0) is 17.6 Å². The number of rotatable bonds is 4. The van der Waals surface area contributed by atoms with Crippen LogP contribution in [0.1, 0.15) is 49.3 Å². The van der Waals surface area contributed by atoms with Crippen LogP contribution >= 0.6 is 11.6 Å². The quantitative estimate of drug-likeness (QED) is 0.729. The predicted molar refractivity (Wildman–Crippen MR) is 77.3 cm³/mol. The molecule has 1 aromatic rings. The number of benzene rings is 1. The molecule has 1 heterocycles. The molecule has 0 amide bonds. The van der Waals surface area contributed by atoms with Crippen molar-refractivity contribution in [2.75, 3.05) is 6.61 Å². The van der Waals surface area contributed by atoms with Gasteiger partial charge in [0.05, 0.1) is 11.5 Å². The van der Waals surface area contributed by atoms with Crippen LogP contribution in [0.3, 0.4) is 0 Å². The van der Waals surface area contributed by atoms with E-state index in [2.05, 4.69) is 39.0 Å². The fourth-order valence-corrected chi connectivity index (χ4v) is 3.34. The van der Waals surface area contributed by atoms with Gasteiger partial charge >= 0.3 is 0 Å². The molecule has 1 aliphatic heterocycles. The third-order valence-electron chi connectivity index (χ3n) is 4.11. The largest absolute Gasteiger partial charge is 0.378 e. The second-order valence-corrected chi connectivity index (χ2v) is 5.64. The van der Waals surface area contributed by atoms with Crippen LogP contribution in [0.4, 0.5) is 0 Å². The number of alkyl halides is 1. The summed E-state index contributed by atoms with van der Waals surface area (Å²) in [7, 11) is 0. The summed E-state index contributed by atoms with van der Waals surface area (Å²) in [6.07, 6.45) is 3.47. The van der Waals surface area contributed by atoms with E-state index in [4.69, 9.17) is 16.3 Å². The van der Waals surface area contributed by atoms with Crippen LogP contribution in [0.25, 0.3) is 0 Å². The van der Waals surface area contributed by atoms with E-state index < -0.39 is 0 Å². The van der Waals surface area contributed by atoms with Crippen molar-refractivity contribution in [2.45, 2.75) is 51.5 Å². The molecule has 1 nitrogen and oxygen atoms in total. The summed E-state index contributed by atoms with van der Waals surface area (Å²) in [5.41, 5.74) is 4.08. The van der Waals surface area contributed by atoms with E-state index in [0.717, 1.165) is 25.9 Å². The van der Waals surface area contributed by atoms with Gasteiger partial charge in [-0.25, -0.2) is 0 Å². The van der Waals surface area contributed by atoms with Crippen LogP contribution < -0.4 is 0 Å². The first-order valence-corrected chi connectivity index (χ1v) is 7.48. The Labute approximate surface area is 115 Å². The van der Waals surface area contributed by atoms with Crippen molar-refractivity contribution in [2.24, 2.45) is 5.92 Å². The summed E-state index contributed by atoms with van der Waals surface area (Å²) < 4.78 is 5.65. The molecule has 2 heteroatoms. The molecule has 18 heavy (non-hydrogen) atoms. The summed E-state index contributed by atoms with van der Waals surface area (Å²) >= 11 is 6.74. The number of hydrogen-bond acceptors (Lipinski definition) is 1. The van der Waals surface area contributed by atoms with E-state index in [1.165, 1.54) is 16.7 Å². The minimum atomic E-state index is 0.0870. The maximum atomic E-state index is 6.74. The van der Waals surface area contributed by atoms with Crippen LogP contribution in [0, 0.1) is 5.92 Å². The van der Waals surface area contributed by atoms with Crippen molar-refractivity contribution in [3.63, 3.8) is 0 Å². The molecule has 0 aromatic heterocycles. The average Bonchev–Trinajstić information content (AvgIpc) is 2.83. The lowest BCUT2D eigenvalue weighted by atomic mass is 9.89. The normalized spacial score (nSPS) is 25.3. The van der Waals surface area contributed by atoms with E-state index in [-0.39, 0.29) is 11.5 Å². The Morgan fingerprint density at radius 2 is 2.11 bits per heavy atom. The van der Waals surface area contributed by atoms with Crippen molar-refractivity contribution in [3.8, 4) is 0 Å². The van der Waals surface area contributed by atoms with E-state index in [0.29, 0.717) is 5.92 Å². The van der Waals surface area contributed by atoms with Crippen molar-refractivity contribution in [1.29, 1.82) is 0 Å². The SMILES string of the molecule is CCc1ccc(CC)c(C(Cl)C2CCOC2C)c1. The summed E-state index contributed by atoms with van der Waals surface area (Å²) in [6, 6.07) is 6.76. The molecule has 0 N–H and O–H groups in total. The monoisotopic (exact) mass is 266 g/mol. The Balaban J connectivity index is 2.29. The highest BCUT2D eigenvalue weighted by Gasteiger charge is 2.32. The van der Waals surface area contributed by atoms with Crippen molar-refractivity contribution >= 4 is 11.6 Å². The van der Waals surface area contributed by atoms with Gasteiger partial charge in [-0.3, -0.25) is 0 Å². The van der Waals surface area contributed by atoms with Crippen molar-refractivity contribution in [3.05, 3.63) is 34.9 Å². The minimum absolute atomic E-state index is 0.0870. The second kappa shape index (κ2) is 6.08. The first-order valence-electron chi connectivity index (χ1n) is 7.04. The topological polar surface area (TPSA) is 9.23 Å². The Morgan fingerprint density at radius 3 is 2.67 bits per heavy atom. The zero-order chi connectivity index (χ0) is 13.1. The van der Waals surface area contributed by atoms with Gasteiger partial charge in [0.1, 0.15) is 0 Å². The van der Waals surface area contributed by atoms with Crippen molar-refractivity contribution < 1.29 is 4.74 Å². The molecule has 0 bridgehead atoms. The van der Waals surface area contributed by atoms with Gasteiger partial charge in [-0.1, -0.05) is 32.0 Å². The molecule has 3 atom stereocenters. The Morgan fingerprint density at radius 1 is 1.33 bits per heavy atom. The molecule has 100 valence electrons. The average molecular weight is 267 g/mol. The molecule has 0 saturated carbocycles. The highest BCUT2D eigenvalue weighted by atomic mass is 35.5. The van der Waals surface area contributed by atoms with Gasteiger partial charge in [-0.15, -0.1) is 11.6 Å². The molecule has 1 saturated heterocycles. The van der Waals surface area contributed by atoms with Gasteiger partial charge in [-0.2, -0.15) is 0 Å². The molecular formula is C16H23ClO. The van der Waals surface area contributed by atoms with E-state index in [9.17, 15) is 0 Å². The van der Waals surface area contributed by atoms with Gasteiger partial charge < -0.3 is 4.74 Å². The molecular weight excluding hydrogens is 244 g/mol. The van der Waals surface area contributed by atoms with Gasteiger partial charge in [0.15, 0.2) is 0 Å². The molecule has 1 aliphatic rings. The van der Waals surface area contributed by atoms with Crippen LogP contribution in [0.5, 0.6) is 0 Å². The van der Waals surface area contributed by atoms with Crippen LogP contribution in [0.15, 0.2) is 18.2 Å². The van der Waals surface area contributed by atoms with Gasteiger partial charge in [0, 0.05) is 12.5 Å². The first-order chi connectivity index (χ1) is 8.67. The summed E-state index contributed by atoms with van der Waals surface area (Å²) in [6.45, 7) is 7.38. The van der Waals surface area contributed by atoms with E-state index in [1.54, 1.807) is 0 Å². The lowest BCUT2D eigenvalue weighted by Crippen LogP contribution is -2.17. The standard InChI is InChI=1S/C16H23ClO/c1-4-12-6-7-13(5-2)15(10-12)16(17)14-8-9-18-11(14)3/h6-7,10-11,14,16H,4-5,8-9H2,1-3H3. The van der Waals surface area contributed by atoms with Gasteiger partial charge in [-0.05, 0) is 42.9 Å². The number of aryl methyl sites for hydroxylation is 2. The van der Waals surface area contributed by atoms with E-state index in [1.807, 2.05) is 0 Å². The maximum Gasteiger partial charge on any atom is 0.0641 e. The summed E-state index contributed by atoms with van der Waals surface area (Å²) in [4.78, 5) is 0. The third kappa shape index (κ3) is 2.73. The highest BCUT2D eigenvalue weighted by Crippen LogP contribution is 2.39. The number of halogens is 1. The molecule has 1 fully saturated rings. The fourth-order valence-electron chi connectivity index (χ4n) is 2.81. The predicted octanol–water partition coefficient (Wildman–Crippen LogP) is 4.52. The lowest BCUT2D eigenvalue weighted by molar-refractivity contribution is 0.105. The Hall–Kier alpha value is -0.530. The highest BCUT2D eigenvalue weighted by molar-refractivity contribution is 6.21. The molecule has 0 spiro atoms. The van der Waals surface area contributed by atoms with Crippen LogP contribution in [-0.4, -0.2) is 12.7 Å². The maximum absolute atomic E-state index is 6.74. The molecule has 2 rings (SSSR count). The van der Waals surface area contributed by atoms with Gasteiger partial charge in [0.2, 0.25) is 0 Å².